The maximum absolute atomic E-state index is 9.69. The van der Waals surface area contributed by atoms with Gasteiger partial charge in [-0.3, -0.25) is 0 Å². The SMILES string of the molecule is CCC(O)=C(C=CCCCCCCCCCCO)CC. The van der Waals surface area contributed by atoms with Gasteiger partial charge in [-0.1, -0.05) is 64.5 Å². The molecule has 0 aliphatic carbocycles. The lowest BCUT2D eigenvalue weighted by Crippen LogP contribution is -1.86. The fourth-order valence-electron chi connectivity index (χ4n) is 2.31. The van der Waals surface area contributed by atoms with Crippen molar-refractivity contribution in [3.63, 3.8) is 0 Å². The molecule has 20 heavy (non-hydrogen) atoms. The first kappa shape index (κ1) is 19.2. The van der Waals surface area contributed by atoms with Crippen LogP contribution in [-0.4, -0.2) is 16.8 Å². The van der Waals surface area contributed by atoms with Gasteiger partial charge in [-0.05, 0) is 31.3 Å². The molecule has 0 saturated carbocycles. The molecule has 0 aromatic heterocycles. The first-order valence-electron chi connectivity index (χ1n) is 8.44. The Kier molecular flexibility index (Phi) is 14.1. The van der Waals surface area contributed by atoms with E-state index in [0.717, 1.165) is 31.3 Å². The third-order valence-electron chi connectivity index (χ3n) is 3.68. The zero-order chi connectivity index (χ0) is 15.1. The van der Waals surface area contributed by atoms with E-state index in [0.29, 0.717) is 12.4 Å². The molecule has 0 rings (SSSR count). The van der Waals surface area contributed by atoms with Gasteiger partial charge in [0.2, 0.25) is 0 Å². The number of aliphatic hydroxyl groups is 2. The molecule has 0 aromatic rings. The molecule has 0 heterocycles. The number of rotatable bonds is 13. The highest BCUT2D eigenvalue weighted by Gasteiger charge is 1.96. The number of unbranched alkanes of at least 4 members (excludes halogenated alkanes) is 8. The van der Waals surface area contributed by atoms with Crippen LogP contribution in [0.5, 0.6) is 0 Å². The molecular weight excluding hydrogens is 248 g/mol. The van der Waals surface area contributed by atoms with Crippen LogP contribution in [0.25, 0.3) is 0 Å². The van der Waals surface area contributed by atoms with E-state index in [1.165, 1.54) is 44.9 Å². The molecular formula is C18H34O2. The second kappa shape index (κ2) is 14.6. The van der Waals surface area contributed by atoms with Crippen molar-refractivity contribution in [3.8, 4) is 0 Å². The molecule has 0 aliphatic heterocycles. The lowest BCUT2D eigenvalue weighted by atomic mass is 10.1. The molecule has 118 valence electrons. The Bertz CT molecular complexity index is 267. The van der Waals surface area contributed by atoms with Gasteiger partial charge in [0.05, 0.1) is 5.76 Å². The summed E-state index contributed by atoms with van der Waals surface area (Å²) in [6, 6.07) is 0. The first-order chi connectivity index (χ1) is 9.76. The van der Waals surface area contributed by atoms with Crippen LogP contribution >= 0.6 is 0 Å². The predicted octanol–water partition coefficient (Wildman–Crippen LogP) is 5.68. The van der Waals surface area contributed by atoms with Gasteiger partial charge in [0.15, 0.2) is 0 Å². The average molecular weight is 282 g/mol. The summed E-state index contributed by atoms with van der Waals surface area (Å²) in [6.45, 7) is 4.41. The van der Waals surface area contributed by atoms with E-state index in [2.05, 4.69) is 19.1 Å². The van der Waals surface area contributed by atoms with E-state index in [4.69, 9.17) is 5.11 Å². The van der Waals surface area contributed by atoms with Crippen LogP contribution in [0.2, 0.25) is 0 Å². The second-order valence-electron chi connectivity index (χ2n) is 5.42. The van der Waals surface area contributed by atoms with Crippen molar-refractivity contribution >= 4 is 0 Å². The van der Waals surface area contributed by atoms with Crippen molar-refractivity contribution in [1.82, 2.24) is 0 Å². The third kappa shape index (κ3) is 11.1. The molecule has 0 saturated heterocycles. The van der Waals surface area contributed by atoms with Gasteiger partial charge in [-0.2, -0.15) is 0 Å². The minimum atomic E-state index is 0.341. The minimum absolute atomic E-state index is 0.341. The third-order valence-corrected chi connectivity index (χ3v) is 3.68. The molecule has 0 aromatic carbocycles. The zero-order valence-corrected chi connectivity index (χ0v) is 13.5. The Morgan fingerprint density at radius 1 is 0.800 bits per heavy atom. The summed E-state index contributed by atoms with van der Waals surface area (Å²) >= 11 is 0. The average Bonchev–Trinajstić information content (AvgIpc) is 2.48. The van der Waals surface area contributed by atoms with E-state index in [1.807, 2.05) is 6.92 Å². The summed E-state index contributed by atoms with van der Waals surface area (Å²) in [4.78, 5) is 0. The van der Waals surface area contributed by atoms with Crippen LogP contribution in [0.1, 0.15) is 84.5 Å². The molecule has 2 heteroatoms. The Morgan fingerprint density at radius 3 is 1.85 bits per heavy atom. The van der Waals surface area contributed by atoms with Crippen LogP contribution in [-0.2, 0) is 0 Å². The van der Waals surface area contributed by atoms with Gasteiger partial charge < -0.3 is 10.2 Å². The van der Waals surface area contributed by atoms with E-state index >= 15 is 0 Å². The van der Waals surface area contributed by atoms with Crippen molar-refractivity contribution < 1.29 is 10.2 Å². The lowest BCUT2D eigenvalue weighted by Gasteiger charge is -2.02. The van der Waals surface area contributed by atoms with Gasteiger partial charge >= 0.3 is 0 Å². The minimum Gasteiger partial charge on any atom is -0.512 e. The van der Waals surface area contributed by atoms with Crippen molar-refractivity contribution in [2.45, 2.75) is 84.5 Å². The second-order valence-corrected chi connectivity index (χ2v) is 5.42. The zero-order valence-electron chi connectivity index (χ0n) is 13.5. The fraction of sp³-hybridized carbons (Fsp3) is 0.778. The van der Waals surface area contributed by atoms with E-state index in [9.17, 15) is 5.11 Å². The smallest absolute Gasteiger partial charge is 0.0951 e. The highest BCUT2D eigenvalue weighted by molar-refractivity contribution is 5.21. The van der Waals surface area contributed by atoms with Crippen LogP contribution in [0.4, 0.5) is 0 Å². The summed E-state index contributed by atoms with van der Waals surface area (Å²) in [5.41, 5.74) is 1.08. The molecule has 2 nitrogen and oxygen atoms in total. The fourth-order valence-corrected chi connectivity index (χ4v) is 2.31. The van der Waals surface area contributed by atoms with Gasteiger partial charge in [-0.25, -0.2) is 0 Å². The highest BCUT2D eigenvalue weighted by atomic mass is 16.3. The number of hydrogen-bond acceptors (Lipinski definition) is 2. The van der Waals surface area contributed by atoms with E-state index in [-0.39, 0.29) is 0 Å². The monoisotopic (exact) mass is 282 g/mol. The summed E-state index contributed by atoms with van der Waals surface area (Å²) < 4.78 is 0. The summed E-state index contributed by atoms with van der Waals surface area (Å²) in [5, 5.41) is 18.4. The maximum Gasteiger partial charge on any atom is 0.0951 e. The Balaban J connectivity index is 3.48. The van der Waals surface area contributed by atoms with Gasteiger partial charge in [0.25, 0.3) is 0 Å². The maximum atomic E-state index is 9.69. The van der Waals surface area contributed by atoms with Crippen LogP contribution < -0.4 is 0 Å². The van der Waals surface area contributed by atoms with Crippen molar-refractivity contribution in [2.75, 3.05) is 6.61 Å². The Labute approximate surface area is 125 Å². The predicted molar refractivity (Wildman–Crippen MR) is 88.0 cm³/mol. The lowest BCUT2D eigenvalue weighted by molar-refractivity contribution is 0.282. The normalized spacial score (nSPS) is 12.9. The van der Waals surface area contributed by atoms with Gasteiger partial charge in [0.1, 0.15) is 0 Å². The van der Waals surface area contributed by atoms with Crippen molar-refractivity contribution in [3.05, 3.63) is 23.5 Å². The molecule has 0 spiro atoms. The van der Waals surface area contributed by atoms with Gasteiger partial charge in [-0.15, -0.1) is 0 Å². The van der Waals surface area contributed by atoms with Crippen molar-refractivity contribution in [1.29, 1.82) is 0 Å². The molecule has 0 atom stereocenters. The number of aliphatic hydroxyl groups excluding tert-OH is 2. The molecule has 0 radical (unpaired) electrons. The van der Waals surface area contributed by atoms with Gasteiger partial charge in [0, 0.05) is 13.0 Å². The molecule has 0 aliphatic rings. The Morgan fingerprint density at radius 2 is 1.35 bits per heavy atom. The Hall–Kier alpha value is -0.760. The summed E-state index contributed by atoms with van der Waals surface area (Å²) in [5.74, 6) is 0.534. The topological polar surface area (TPSA) is 40.5 Å². The summed E-state index contributed by atoms with van der Waals surface area (Å²) in [6.07, 6.45) is 16.9. The quantitative estimate of drug-likeness (QED) is 0.259. The number of allylic oxidation sites excluding steroid dienone is 4. The molecule has 0 amide bonds. The van der Waals surface area contributed by atoms with E-state index in [1.54, 1.807) is 0 Å². The van der Waals surface area contributed by atoms with Crippen LogP contribution in [0.15, 0.2) is 23.5 Å². The standard InChI is InChI=1S/C18H34O2/c1-3-17(18(20)4-2)15-13-11-9-7-5-6-8-10-12-14-16-19/h13,15,19-20H,3-12,14,16H2,1-2H3. The molecule has 2 N–H and O–H groups in total. The molecule has 0 fully saturated rings. The molecule has 0 bridgehead atoms. The number of hydrogen-bond donors (Lipinski definition) is 2. The summed E-state index contributed by atoms with van der Waals surface area (Å²) in [7, 11) is 0. The van der Waals surface area contributed by atoms with Crippen LogP contribution in [0.3, 0.4) is 0 Å². The molecule has 0 unspecified atom stereocenters. The van der Waals surface area contributed by atoms with Crippen molar-refractivity contribution in [2.24, 2.45) is 0 Å². The van der Waals surface area contributed by atoms with E-state index < -0.39 is 0 Å². The first-order valence-corrected chi connectivity index (χ1v) is 8.44. The van der Waals surface area contributed by atoms with Crippen LogP contribution in [0, 0.1) is 0 Å². The highest BCUT2D eigenvalue weighted by Crippen LogP contribution is 2.13. The largest absolute Gasteiger partial charge is 0.512 e.